The minimum atomic E-state index is -0.267. The fourth-order valence-corrected chi connectivity index (χ4v) is 3.60. The molecule has 1 saturated carbocycles. The Morgan fingerprint density at radius 2 is 2.20 bits per heavy atom. The van der Waals surface area contributed by atoms with E-state index in [0.29, 0.717) is 6.42 Å². The van der Waals surface area contributed by atoms with Gasteiger partial charge in [-0.2, -0.15) is 0 Å². The quantitative estimate of drug-likeness (QED) is 0.902. The Balaban J connectivity index is 1.94. The fourth-order valence-electron chi connectivity index (χ4n) is 3.60. The van der Waals surface area contributed by atoms with Crippen molar-refractivity contribution in [3.63, 3.8) is 0 Å². The number of fused-ring (bicyclic) bond motifs is 1. The van der Waals surface area contributed by atoms with Gasteiger partial charge in [0.25, 0.3) is 0 Å². The van der Waals surface area contributed by atoms with Gasteiger partial charge in [-0.15, -0.1) is 0 Å². The van der Waals surface area contributed by atoms with Gasteiger partial charge in [-0.1, -0.05) is 0 Å². The zero-order valence-electron chi connectivity index (χ0n) is 11.7. The van der Waals surface area contributed by atoms with Crippen LogP contribution in [0.15, 0.2) is 18.2 Å². The number of amides is 1. The van der Waals surface area contributed by atoms with E-state index in [0.717, 1.165) is 30.6 Å². The maximum absolute atomic E-state index is 13.5. The SMILES string of the molecule is CNC(=O)CC1CC2(CCCC2)Oc2ccc(F)cc21. The van der Waals surface area contributed by atoms with Crippen molar-refractivity contribution >= 4 is 5.91 Å². The lowest BCUT2D eigenvalue weighted by atomic mass is 9.79. The highest BCUT2D eigenvalue weighted by Crippen LogP contribution is 2.49. The van der Waals surface area contributed by atoms with Crippen molar-refractivity contribution in [2.24, 2.45) is 0 Å². The number of nitrogens with one attached hydrogen (secondary N) is 1. The number of halogens is 1. The predicted molar refractivity (Wildman–Crippen MR) is 74.3 cm³/mol. The largest absolute Gasteiger partial charge is 0.487 e. The van der Waals surface area contributed by atoms with E-state index in [2.05, 4.69) is 5.32 Å². The lowest BCUT2D eigenvalue weighted by Crippen LogP contribution is -2.39. The molecule has 1 amide bonds. The summed E-state index contributed by atoms with van der Waals surface area (Å²) in [5.74, 6) is 0.540. The van der Waals surface area contributed by atoms with Crippen LogP contribution in [0.4, 0.5) is 4.39 Å². The zero-order chi connectivity index (χ0) is 14.2. The highest BCUT2D eigenvalue weighted by molar-refractivity contribution is 5.76. The topological polar surface area (TPSA) is 38.3 Å². The third kappa shape index (κ3) is 2.39. The summed E-state index contributed by atoms with van der Waals surface area (Å²) in [7, 11) is 1.64. The van der Waals surface area contributed by atoms with Crippen molar-refractivity contribution in [1.82, 2.24) is 5.32 Å². The fraction of sp³-hybridized carbons (Fsp3) is 0.562. The molecule has 1 aromatic rings. The standard InChI is InChI=1S/C16H20FNO2/c1-18-15(19)8-11-10-16(6-2-3-7-16)20-14-5-4-12(17)9-13(11)14/h4-5,9,11H,2-3,6-8,10H2,1H3,(H,18,19). The number of carbonyl (C=O) groups is 1. The summed E-state index contributed by atoms with van der Waals surface area (Å²) in [4.78, 5) is 11.7. The van der Waals surface area contributed by atoms with Crippen LogP contribution in [0.3, 0.4) is 0 Å². The van der Waals surface area contributed by atoms with Gasteiger partial charge in [-0.3, -0.25) is 4.79 Å². The van der Waals surface area contributed by atoms with Crippen LogP contribution in [0.2, 0.25) is 0 Å². The van der Waals surface area contributed by atoms with Gasteiger partial charge in [-0.05, 0) is 50.3 Å². The molecule has 108 valence electrons. The lowest BCUT2D eigenvalue weighted by molar-refractivity contribution is -0.121. The van der Waals surface area contributed by atoms with Gasteiger partial charge in [0.05, 0.1) is 0 Å². The molecule has 1 heterocycles. The van der Waals surface area contributed by atoms with Crippen molar-refractivity contribution in [2.75, 3.05) is 7.05 Å². The van der Waals surface area contributed by atoms with Gasteiger partial charge in [0, 0.05) is 24.9 Å². The summed E-state index contributed by atoms with van der Waals surface area (Å²) >= 11 is 0. The van der Waals surface area contributed by atoms with Crippen LogP contribution in [-0.4, -0.2) is 18.6 Å². The van der Waals surface area contributed by atoms with Crippen molar-refractivity contribution < 1.29 is 13.9 Å². The van der Waals surface area contributed by atoms with E-state index >= 15 is 0 Å². The van der Waals surface area contributed by atoms with Crippen molar-refractivity contribution in [3.05, 3.63) is 29.6 Å². The summed E-state index contributed by atoms with van der Waals surface area (Å²) in [6, 6.07) is 4.66. The molecule has 1 aliphatic carbocycles. The van der Waals surface area contributed by atoms with Gasteiger partial charge in [0.1, 0.15) is 17.2 Å². The Bertz CT molecular complexity index is 523. The van der Waals surface area contributed by atoms with Crippen molar-refractivity contribution in [2.45, 2.75) is 50.0 Å². The Morgan fingerprint density at radius 3 is 2.90 bits per heavy atom. The second-order valence-corrected chi connectivity index (χ2v) is 5.95. The molecule has 1 atom stereocenters. The molecule has 0 aromatic heterocycles. The summed E-state index contributed by atoms with van der Waals surface area (Å²) in [5.41, 5.74) is 0.704. The molecule has 4 heteroatoms. The van der Waals surface area contributed by atoms with E-state index < -0.39 is 0 Å². The van der Waals surface area contributed by atoms with E-state index in [4.69, 9.17) is 4.74 Å². The minimum absolute atomic E-state index is 0.000239. The minimum Gasteiger partial charge on any atom is -0.487 e. The van der Waals surface area contributed by atoms with Gasteiger partial charge in [0.15, 0.2) is 0 Å². The molecule has 1 unspecified atom stereocenters. The van der Waals surface area contributed by atoms with Crippen LogP contribution >= 0.6 is 0 Å². The molecule has 0 saturated heterocycles. The zero-order valence-corrected chi connectivity index (χ0v) is 11.7. The van der Waals surface area contributed by atoms with Crippen LogP contribution in [0.25, 0.3) is 0 Å². The van der Waals surface area contributed by atoms with Crippen LogP contribution in [0.1, 0.15) is 50.0 Å². The van der Waals surface area contributed by atoms with E-state index in [1.165, 1.54) is 25.0 Å². The summed E-state index contributed by atoms with van der Waals surface area (Å²) in [5, 5.41) is 2.66. The predicted octanol–water partition coefficient (Wildman–Crippen LogP) is 3.14. The van der Waals surface area contributed by atoms with E-state index in [9.17, 15) is 9.18 Å². The van der Waals surface area contributed by atoms with E-state index in [-0.39, 0.29) is 23.2 Å². The molecule has 1 fully saturated rings. The summed E-state index contributed by atoms with van der Waals surface area (Å²) in [6.45, 7) is 0. The summed E-state index contributed by atoms with van der Waals surface area (Å²) in [6.07, 6.45) is 5.63. The van der Waals surface area contributed by atoms with Crippen LogP contribution in [-0.2, 0) is 4.79 Å². The molecular formula is C16H20FNO2. The number of rotatable bonds is 2. The van der Waals surface area contributed by atoms with E-state index in [1.54, 1.807) is 13.1 Å². The Kier molecular flexibility index (Phi) is 3.40. The van der Waals surface area contributed by atoms with E-state index in [1.807, 2.05) is 0 Å². The first-order valence-corrected chi connectivity index (χ1v) is 7.31. The molecule has 0 bridgehead atoms. The number of hydrogen-bond acceptors (Lipinski definition) is 2. The number of hydrogen-bond donors (Lipinski definition) is 1. The molecule has 1 aliphatic heterocycles. The van der Waals surface area contributed by atoms with Crippen molar-refractivity contribution in [3.8, 4) is 5.75 Å². The van der Waals surface area contributed by atoms with Gasteiger partial charge < -0.3 is 10.1 Å². The molecule has 3 rings (SSSR count). The first-order chi connectivity index (χ1) is 9.62. The Labute approximate surface area is 118 Å². The second kappa shape index (κ2) is 5.08. The summed E-state index contributed by atoms with van der Waals surface area (Å²) < 4.78 is 19.7. The Hall–Kier alpha value is -1.58. The molecule has 0 radical (unpaired) electrons. The smallest absolute Gasteiger partial charge is 0.220 e. The van der Waals surface area contributed by atoms with Crippen LogP contribution in [0, 0.1) is 5.82 Å². The van der Waals surface area contributed by atoms with Crippen LogP contribution < -0.4 is 10.1 Å². The Morgan fingerprint density at radius 1 is 1.45 bits per heavy atom. The average molecular weight is 277 g/mol. The van der Waals surface area contributed by atoms with Gasteiger partial charge >= 0.3 is 0 Å². The molecule has 3 nitrogen and oxygen atoms in total. The highest BCUT2D eigenvalue weighted by atomic mass is 19.1. The monoisotopic (exact) mass is 277 g/mol. The number of ether oxygens (including phenoxy) is 1. The third-order valence-electron chi connectivity index (χ3n) is 4.58. The first kappa shape index (κ1) is 13.4. The molecule has 20 heavy (non-hydrogen) atoms. The lowest BCUT2D eigenvalue weighted by Gasteiger charge is -2.40. The maximum atomic E-state index is 13.5. The van der Waals surface area contributed by atoms with Crippen molar-refractivity contribution in [1.29, 1.82) is 0 Å². The van der Waals surface area contributed by atoms with Gasteiger partial charge in [0.2, 0.25) is 5.91 Å². The second-order valence-electron chi connectivity index (χ2n) is 5.95. The highest BCUT2D eigenvalue weighted by Gasteiger charge is 2.43. The van der Waals surface area contributed by atoms with Crippen LogP contribution in [0.5, 0.6) is 5.75 Å². The molecule has 1 spiro atoms. The third-order valence-corrected chi connectivity index (χ3v) is 4.58. The average Bonchev–Trinajstić information content (AvgIpc) is 2.87. The molecular weight excluding hydrogens is 257 g/mol. The number of carbonyl (C=O) groups excluding carboxylic acids is 1. The van der Waals surface area contributed by atoms with Gasteiger partial charge in [-0.25, -0.2) is 4.39 Å². The molecule has 2 aliphatic rings. The molecule has 1 aromatic carbocycles. The molecule has 1 N–H and O–H groups in total. The maximum Gasteiger partial charge on any atom is 0.220 e. The first-order valence-electron chi connectivity index (χ1n) is 7.31. The number of benzene rings is 1. The normalized spacial score (nSPS) is 23.2.